The summed E-state index contributed by atoms with van der Waals surface area (Å²) in [4.78, 5) is 23.5. The fraction of sp³-hybridized carbons (Fsp3) is 0.522. The van der Waals surface area contributed by atoms with Crippen LogP contribution in [-0.4, -0.2) is 54.4 Å². The number of morpholine rings is 1. The summed E-state index contributed by atoms with van der Waals surface area (Å²) in [5.41, 5.74) is 6.91. The van der Waals surface area contributed by atoms with Crippen molar-refractivity contribution in [1.29, 1.82) is 0 Å². The predicted octanol–water partition coefficient (Wildman–Crippen LogP) is 2.48. The Kier molecular flexibility index (Phi) is 5.06. The number of hydrogen-bond donors (Lipinski definition) is 1. The number of carbonyl (C=O) groups excluding carboxylic acids is 1. The summed E-state index contributed by atoms with van der Waals surface area (Å²) in [6.45, 7) is 3.43. The number of nitrogens with zero attached hydrogens (tertiary/aromatic N) is 3. The Balaban J connectivity index is 1.31. The second-order valence-corrected chi connectivity index (χ2v) is 8.84. The second-order valence-electron chi connectivity index (χ2n) is 8.84. The molecule has 164 valence electrons. The van der Waals surface area contributed by atoms with E-state index in [4.69, 9.17) is 19.9 Å². The Labute approximate surface area is 181 Å². The van der Waals surface area contributed by atoms with Gasteiger partial charge in [0.05, 0.1) is 49.2 Å². The Hall–Kier alpha value is -2.71. The summed E-state index contributed by atoms with van der Waals surface area (Å²) in [7, 11) is 1.66. The van der Waals surface area contributed by atoms with E-state index in [0.717, 1.165) is 43.1 Å². The molecule has 2 N–H and O–H groups in total. The van der Waals surface area contributed by atoms with Crippen molar-refractivity contribution in [1.82, 2.24) is 9.97 Å². The summed E-state index contributed by atoms with van der Waals surface area (Å²) in [6, 6.07) is 6.50. The molecule has 1 aliphatic carbocycles. The molecule has 8 nitrogen and oxygen atoms in total. The molecule has 1 amide bonds. The van der Waals surface area contributed by atoms with Crippen LogP contribution in [0.5, 0.6) is 11.5 Å². The van der Waals surface area contributed by atoms with E-state index in [0.29, 0.717) is 36.4 Å². The molecule has 1 saturated carbocycles. The highest BCUT2D eigenvalue weighted by atomic mass is 16.5. The summed E-state index contributed by atoms with van der Waals surface area (Å²) in [6.07, 6.45) is 6.95. The lowest BCUT2D eigenvalue weighted by molar-refractivity contribution is -0.133. The maximum Gasteiger partial charge on any atom is 0.228 e. The summed E-state index contributed by atoms with van der Waals surface area (Å²) in [5.74, 6) is 1.70. The molecule has 3 aliphatic rings. The third-order valence-corrected chi connectivity index (χ3v) is 7.00. The van der Waals surface area contributed by atoms with Crippen LogP contribution in [0.25, 0.3) is 0 Å². The van der Waals surface area contributed by atoms with Gasteiger partial charge >= 0.3 is 0 Å². The van der Waals surface area contributed by atoms with Gasteiger partial charge in [-0.1, -0.05) is 12.1 Å². The van der Waals surface area contributed by atoms with Gasteiger partial charge in [-0.15, -0.1) is 0 Å². The first-order chi connectivity index (χ1) is 15.0. The molecule has 2 saturated heterocycles. The lowest BCUT2D eigenvalue weighted by atomic mass is 9.62. The van der Waals surface area contributed by atoms with E-state index in [9.17, 15) is 4.79 Å². The third kappa shape index (κ3) is 3.43. The zero-order chi connectivity index (χ0) is 21.6. The van der Waals surface area contributed by atoms with E-state index in [1.54, 1.807) is 19.5 Å². The summed E-state index contributed by atoms with van der Waals surface area (Å²) in [5, 5.41) is 0. The van der Waals surface area contributed by atoms with Gasteiger partial charge in [0.25, 0.3) is 0 Å². The average molecular weight is 425 g/mol. The average Bonchev–Trinajstić information content (AvgIpc) is 2.98. The molecule has 2 aromatic rings. The maximum atomic E-state index is 12.2. The second kappa shape index (κ2) is 7.76. The van der Waals surface area contributed by atoms with E-state index in [1.165, 1.54) is 0 Å². The highest BCUT2D eigenvalue weighted by Gasteiger charge is 2.50. The highest BCUT2D eigenvalue weighted by molar-refractivity contribution is 5.88. The van der Waals surface area contributed by atoms with Gasteiger partial charge in [0.15, 0.2) is 5.75 Å². The SMILES string of the molecule is COC1CC(C(N)=O)(c2ccc(Oc3cnc(N4C5CCC4COC5)nc3)c(C)c2)C1. The van der Waals surface area contributed by atoms with Crippen molar-refractivity contribution in [2.45, 2.75) is 56.2 Å². The fourth-order valence-electron chi connectivity index (χ4n) is 5.10. The van der Waals surface area contributed by atoms with Gasteiger partial charge in [0.2, 0.25) is 11.9 Å². The van der Waals surface area contributed by atoms with E-state index in [2.05, 4.69) is 14.9 Å². The molecule has 3 heterocycles. The molecule has 0 radical (unpaired) electrons. The van der Waals surface area contributed by atoms with Gasteiger partial charge in [-0.2, -0.15) is 0 Å². The van der Waals surface area contributed by atoms with Crippen molar-refractivity contribution in [3.05, 3.63) is 41.7 Å². The molecule has 31 heavy (non-hydrogen) atoms. The lowest BCUT2D eigenvalue weighted by Gasteiger charge is -2.45. The molecule has 2 bridgehead atoms. The minimum Gasteiger partial charge on any atom is -0.454 e. The number of carbonyl (C=O) groups is 1. The van der Waals surface area contributed by atoms with Crippen LogP contribution in [-0.2, 0) is 19.7 Å². The van der Waals surface area contributed by atoms with Gasteiger partial charge in [-0.05, 0) is 49.8 Å². The first kappa shape index (κ1) is 20.2. The highest BCUT2D eigenvalue weighted by Crippen LogP contribution is 2.46. The molecule has 1 aromatic carbocycles. The Morgan fingerprint density at radius 3 is 2.45 bits per heavy atom. The number of benzene rings is 1. The zero-order valence-electron chi connectivity index (χ0n) is 17.9. The molecule has 3 fully saturated rings. The van der Waals surface area contributed by atoms with Crippen molar-refractivity contribution in [3.63, 3.8) is 0 Å². The predicted molar refractivity (Wildman–Crippen MR) is 114 cm³/mol. The minimum atomic E-state index is -0.660. The number of amides is 1. The van der Waals surface area contributed by atoms with E-state index < -0.39 is 5.41 Å². The molecular formula is C23H28N4O4. The largest absolute Gasteiger partial charge is 0.454 e. The first-order valence-electron chi connectivity index (χ1n) is 10.8. The lowest BCUT2D eigenvalue weighted by Crippen LogP contribution is -2.54. The van der Waals surface area contributed by atoms with Crippen LogP contribution in [0.15, 0.2) is 30.6 Å². The fourth-order valence-corrected chi connectivity index (χ4v) is 5.10. The van der Waals surface area contributed by atoms with Crippen LogP contribution in [0.4, 0.5) is 5.95 Å². The van der Waals surface area contributed by atoms with Gasteiger partial charge < -0.3 is 24.8 Å². The molecule has 8 heteroatoms. The number of fused-ring (bicyclic) bond motifs is 2. The molecular weight excluding hydrogens is 396 g/mol. The first-order valence-corrected chi connectivity index (χ1v) is 10.8. The van der Waals surface area contributed by atoms with Crippen LogP contribution in [0.3, 0.4) is 0 Å². The van der Waals surface area contributed by atoms with E-state index in [1.807, 2.05) is 25.1 Å². The number of rotatable bonds is 6. The standard InChI is InChI=1S/C23H28N4O4/c1-14-7-15(23(21(24)28)8-18(9-23)29-2)3-6-20(14)31-19-10-25-22(26-11-19)27-16-4-5-17(27)13-30-12-16/h3,6-7,10-11,16-18H,4-5,8-9,12-13H2,1-2H3,(H2,24,28). The number of aryl methyl sites for hydroxylation is 1. The quantitative estimate of drug-likeness (QED) is 0.760. The molecule has 5 rings (SSSR count). The van der Waals surface area contributed by atoms with Gasteiger partial charge in [-0.3, -0.25) is 4.79 Å². The number of nitrogens with two attached hydrogens (primary N) is 1. The molecule has 2 atom stereocenters. The number of aromatic nitrogens is 2. The van der Waals surface area contributed by atoms with Crippen molar-refractivity contribution in [2.24, 2.45) is 5.73 Å². The van der Waals surface area contributed by atoms with Crippen LogP contribution >= 0.6 is 0 Å². The third-order valence-electron chi connectivity index (χ3n) is 7.00. The van der Waals surface area contributed by atoms with Crippen molar-refractivity contribution in [3.8, 4) is 11.5 Å². The monoisotopic (exact) mass is 424 g/mol. The number of ether oxygens (including phenoxy) is 3. The molecule has 1 aromatic heterocycles. The minimum absolute atomic E-state index is 0.0705. The number of anilines is 1. The normalized spacial score (nSPS) is 29.5. The zero-order valence-corrected chi connectivity index (χ0v) is 17.9. The van der Waals surface area contributed by atoms with E-state index in [-0.39, 0.29) is 12.0 Å². The van der Waals surface area contributed by atoms with Crippen LogP contribution < -0.4 is 15.4 Å². The summed E-state index contributed by atoms with van der Waals surface area (Å²) >= 11 is 0. The van der Waals surface area contributed by atoms with Crippen molar-refractivity contribution < 1.29 is 19.0 Å². The Morgan fingerprint density at radius 1 is 1.19 bits per heavy atom. The van der Waals surface area contributed by atoms with Crippen molar-refractivity contribution >= 4 is 11.9 Å². The van der Waals surface area contributed by atoms with Gasteiger partial charge in [0, 0.05) is 7.11 Å². The number of primary amides is 1. The maximum absolute atomic E-state index is 12.2. The van der Waals surface area contributed by atoms with Gasteiger partial charge in [-0.25, -0.2) is 9.97 Å². The number of hydrogen-bond acceptors (Lipinski definition) is 7. The van der Waals surface area contributed by atoms with E-state index >= 15 is 0 Å². The van der Waals surface area contributed by atoms with Crippen LogP contribution in [0.1, 0.15) is 36.8 Å². The Morgan fingerprint density at radius 2 is 1.87 bits per heavy atom. The van der Waals surface area contributed by atoms with Crippen LogP contribution in [0, 0.1) is 6.92 Å². The molecule has 0 spiro atoms. The topological polar surface area (TPSA) is 99.8 Å². The Bertz CT molecular complexity index is 958. The number of methoxy groups -OCH3 is 1. The van der Waals surface area contributed by atoms with Gasteiger partial charge in [0.1, 0.15) is 5.75 Å². The van der Waals surface area contributed by atoms with Crippen molar-refractivity contribution in [2.75, 3.05) is 25.2 Å². The molecule has 2 unspecified atom stereocenters. The summed E-state index contributed by atoms with van der Waals surface area (Å²) < 4.78 is 17.0. The smallest absolute Gasteiger partial charge is 0.228 e. The van der Waals surface area contributed by atoms with Crippen LogP contribution in [0.2, 0.25) is 0 Å². The molecule has 2 aliphatic heterocycles.